The van der Waals surface area contributed by atoms with Crippen molar-refractivity contribution in [2.75, 3.05) is 11.9 Å². The third kappa shape index (κ3) is 3.20. The molecule has 6 heteroatoms. The van der Waals surface area contributed by atoms with E-state index in [0.29, 0.717) is 29.9 Å². The predicted molar refractivity (Wildman–Crippen MR) is 74.1 cm³/mol. The molecule has 3 N–H and O–H groups in total. The highest BCUT2D eigenvalue weighted by Crippen LogP contribution is 2.27. The molecule has 1 fully saturated rings. The fourth-order valence-corrected chi connectivity index (χ4v) is 2.69. The predicted octanol–water partition coefficient (Wildman–Crippen LogP) is 2.23. The zero-order chi connectivity index (χ0) is 13.8. The summed E-state index contributed by atoms with van der Waals surface area (Å²) in [6.45, 7) is 2.40. The summed E-state index contributed by atoms with van der Waals surface area (Å²) in [5, 5.41) is 14.1. The van der Waals surface area contributed by atoms with E-state index in [-0.39, 0.29) is 5.69 Å². The summed E-state index contributed by atoms with van der Waals surface area (Å²) in [4.78, 5) is 14.5. The highest BCUT2D eigenvalue weighted by Gasteiger charge is 2.24. The molecule has 2 unspecified atom stereocenters. The van der Waals surface area contributed by atoms with Crippen LogP contribution in [0.3, 0.4) is 0 Å². The summed E-state index contributed by atoms with van der Waals surface area (Å²) >= 11 is 0. The zero-order valence-electron chi connectivity index (χ0n) is 11.1. The van der Waals surface area contributed by atoms with Gasteiger partial charge in [-0.05, 0) is 38.3 Å². The van der Waals surface area contributed by atoms with Gasteiger partial charge in [-0.3, -0.25) is 10.1 Å². The van der Waals surface area contributed by atoms with Crippen molar-refractivity contribution in [1.82, 2.24) is 4.98 Å². The van der Waals surface area contributed by atoms with E-state index in [9.17, 15) is 10.1 Å². The van der Waals surface area contributed by atoms with Gasteiger partial charge in [-0.1, -0.05) is 12.8 Å². The molecule has 1 aliphatic carbocycles. The van der Waals surface area contributed by atoms with Crippen molar-refractivity contribution >= 4 is 11.5 Å². The lowest BCUT2D eigenvalue weighted by atomic mass is 9.84. The van der Waals surface area contributed by atoms with Crippen LogP contribution in [-0.2, 0) is 0 Å². The molecule has 0 spiro atoms. The fraction of sp³-hybridized carbons (Fsp3) is 0.615. The standard InChI is InChI=1S/C13H20N4O2/c1-9-6-13(15-8-12(9)17(18)19)16-11-5-3-2-4-10(11)7-14/h6,8,10-11H,2-5,7,14H2,1H3,(H,15,16). The Morgan fingerprint density at radius 1 is 1.53 bits per heavy atom. The maximum absolute atomic E-state index is 10.8. The van der Waals surface area contributed by atoms with Gasteiger partial charge in [-0.2, -0.15) is 0 Å². The van der Waals surface area contributed by atoms with Crippen molar-refractivity contribution < 1.29 is 4.92 Å². The zero-order valence-corrected chi connectivity index (χ0v) is 11.1. The van der Waals surface area contributed by atoms with Crippen LogP contribution in [0.4, 0.5) is 11.5 Å². The molecule has 6 nitrogen and oxygen atoms in total. The van der Waals surface area contributed by atoms with E-state index < -0.39 is 4.92 Å². The van der Waals surface area contributed by atoms with Gasteiger partial charge < -0.3 is 11.1 Å². The van der Waals surface area contributed by atoms with Gasteiger partial charge in [0.15, 0.2) is 0 Å². The molecule has 1 saturated carbocycles. The number of hydrogen-bond donors (Lipinski definition) is 2. The van der Waals surface area contributed by atoms with Crippen molar-refractivity contribution in [1.29, 1.82) is 0 Å². The number of anilines is 1. The van der Waals surface area contributed by atoms with Gasteiger partial charge >= 0.3 is 0 Å². The number of pyridine rings is 1. The van der Waals surface area contributed by atoms with Crippen LogP contribution in [0.1, 0.15) is 31.2 Å². The van der Waals surface area contributed by atoms with Gasteiger partial charge in [0.05, 0.1) is 4.92 Å². The van der Waals surface area contributed by atoms with Gasteiger partial charge in [-0.15, -0.1) is 0 Å². The summed E-state index contributed by atoms with van der Waals surface area (Å²) in [5.74, 6) is 1.17. The SMILES string of the molecule is Cc1cc(NC2CCCCC2CN)ncc1[N+](=O)[O-]. The minimum Gasteiger partial charge on any atom is -0.367 e. The third-order valence-electron chi connectivity index (χ3n) is 3.82. The highest BCUT2D eigenvalue weighted by atomic mass is 16.6. The Balaban J connectivity index is 2.10. The lowest BCUT2D eigenvalue weighted by Crippen LogP contribution is -2.36. The molecule has 2 rings (SSSR count). The molecule has 1 aromatic heterocycles. The first-order chi connectivity index (χ1) is 9.11. The molecule has 2 atom stereocenters. The normalized spacial score (nSPS) is 23.1. The molecule has 0 aromatic carbocycles. The van der Waals surface area contributed by atoms with Crippen LogP contribution in [0, 0.1) is 23.0 Å². The summed E-state index contributed by atoms with van der Waals surface area (Å²) in [6.07, 6.45) is 5.96. The number of nitrogens with one attached hydrogen (secondary N) is 1. The number of aromatic nitrogens is 1. The van der Waals surface area contributed by atoms with E-state index in [1.807, 2.05) is 0 Å². The molecule has 1 aromatic rings. The van der Waals surface area contributed by atoms with Gasteiger partial charge in [0.2, 0.25) is 0 Å². The second-order valence-electron chi connectivity index (χ2n) is 5.14. The number of hydrogen-bond acceptors (Lipinski definition) is 5. The minimum absolute atomic E-state index is 0.0598. The van der Waals surface area contributed by atoms with Crippen molar-refractivity contribution in [3.8, 4) is 0 Å². The first kappa shape index (κ1) is 13.7. The summed E-state index contributed by atoms with van der Waals surface area (Å²) in [6, 6.07) is 2.06. The van der Waals surface area contributed by atoms with E-state index in [0.717, 1.165) is 12.8 Å². The first-order valence-corrected chi connectivity index (χ1v) is 6.69. The van der Waals surface area contributed by atoms with Crippen molar-refractivity contribution in [3.05, 3.63) is 27.9 Å². The largest absolute Gasteiger partial charge is 0.367 e. The number of nitrogens with two attached hydrogens (primary N) is 1. The maximum Gasteiger partial charge on any atom is 0.290 e. The average Bonchev–Trinajstić information content (AvgIpc) is 2.39. The van der Waals surface area contributed by atoms with E-state index >= 15 is 0 Å². The smallest absolute Gasteiger partial charge is 0.290 e. The molecule has 104 valence electrons. The van der Waals surface area contributed by atoms with E-state index in [4.69, 9.17) is 5.73 Å². The number of rotatable bonds is 4. The molecule has 1 heterocycles. The maximum atomic E-state index is 10.8. The Morgan fingerprint density at radius 3 is 2.89 bits per heavy atom. The van der Waals surface area contributed by atoms with E-state index in [2.05, 4.69) is 10.3 Å². The van der Waals surface area contributed by atoms with Gasteiger partial charge in [-0.25, -0.2) is 4.98 Å². The Labute approximate surface area is 112 Å². The summed E-state index contributed by atoms with van der Waals surface area (Å²) in [5.41, 5.74) is 6.48. The van der Waals surface area contributed by atoms with Crippen molar-refractivity contribution in [2.24, 2.45) is 11.7 Å². The molecule has 0 radical (unpaired) electrons. The van der Waals surface area contributed by atoms with Crippen LogP contribution in [0.5, 0.6) is 0 Å². The number of nitrogens with zero attached hydrogens (tertiary/aromatic N) is 2. The summed E-state index contributed by atoms with van der Waals surface area (Å²) in [7, 11) is 0. The molecule has 0 amide bonds. The Bertz CT molecular complexity index is 464. The molecule has 0 aliphatic heterocycles. The Morgan fingerprint density at radius 2 is 2.26 bits per heavy atom. The van der Waals surface area contributed by atoms with Gasteiger partial charge in [0.25, 0.3) is 5.69 Å². The topological polar surface area (TPSA) is 94.1 Å². The lowest BCUT2D eigenvalue weighted by molar-refractivity contribution is -0.385. The van der Waals surface area contributed by atoms with Crippen LogP contribution in [0.15, 0.2) is 12.3 Å². The molecule has 0 saturated heterocycles. The average molecular weight is 264 g/mol. The van der Waals surface area contributed by atoms with Crippen LogP contribution in [-0.4, -0.2) is 22.5 Å². The minimum atomic E-state index is -0.407. The molecule has 1 aliphatic rings. The van der Waals surface area contributed by atoms with Crippen LogP contribution in [0.2, 0.25) is 0 Å². The Hall–Kier alpha value is -1.69. The van der Waals surface area contributed by atoms with Crippen molar-refractivity contribution in [2.45, 2.75) is 38.6 Å². The number of aryl methyl sites for hydroxylation is 1. The van der Waals surface area contributed by atoms with E-state index in [1.165, 1.54) is 19.0 Å². The fourth-order valence-electron chi connectivity index (χ4n) is 2.69. The molecule has 0 bridgehead atoms. The van der Waals surface area contributed by atoms with Crippen molar-refractivity contribution in [3.63, 3.8) is 0 Å². The monoisotopic (exact) mass is 264 g/mol. The van der Waals surface area contributed by atoms with Crippen LogP contribution < -0.4 is 11.1 Å². The quantitative estimate of drug-likeness (QED) is 0.642. The molecule has 19 heavy (non-hydrogen) atoms. The van der Waals surface area contributed by atoms with E-state index in [1.54, 1.807) is 13.0 Å². The van der Waals surface area contributed by atoms with Gasteiger partial charge in [0.1, 0.15) is 12.0 Å². The first-order valence-electron chi connectivity index (χ1n) is 6.69. The van der Waals surface area contributed by atoms with Crippen LogP contribution >= 0.6 is 0 Å². The number of nitro groups is 1. The highest BCUT2D eigenvalue weighted by molar-refractivity contribution is 5.47. The second kappa shape index (κ2) is 5.97. The lowest BCUT2D eigenvalue weighted by Gasteiger charge is -2.31. The van der Waals surface area contributed by atoms with Gasteiger partial charge in [0, 0.05) is 11.6 Å². The second-order valence-corrected chi connectivity index (χ2v) is 5.14. The molecular formula is C13H20N4O2. The van der Waals surface area contributed by atoms with Crippen LogP contribution in [0.25, 0.3) is 0 Å². The Kier molecular flexibility index (Phi) is 4.31. The molecular weight excluding hydrogens is 244 g/mol. The summed E-state index contributed by atoms with van der Waals surface area (Å²) < 4.78 is 0. The third-order valence-corrected chi connectivity index (χ3v) is 3.82.